The molecule has 0 saturated heterocycles. The minimum Gasteiger partial charge on any atom is -0.0801 e. The number of hydrogen-bond acceptors (Lipinski definition) is 0. The summed E-state index contributed by atoms with van der Waals surface area (Å²) in [6.45, 7) is 4.73. The second-order valence-electron chi connectivity index (χ2n) is 15.7. The molecule has 10 rings (SSSR count). The average molecular weight is 679 g/mol. The topological polar surface area (TPSA) is 0 Å². The fourth-order valence-corrected chi connectivity index (χ4v) is 9.39. The van der Waals surface area contributed by atoms with Gasteiger partial charge in [-0.1, -0.05) is 196 Å². The van der Waals surface area contributed by atoms with Gasteiger partial charge in [0.2, 0.25) is 0 Å². The minimum absolute atomic E-state index is 0.0695. The summed E-state index contributed by atoms with van der Waals surface area (Å²) in [5.74, 6) is 0.651. The summed E-state index contributed by atoms with van der Waals surface area (Å²) >= 11 is 0. The monoisotopic (exact) mass is 678 g/mol. The van der Waals surface area contributed by atoms with Gasteiger partial charge in [0.15, 0.2) is 0 Å². The zero-order valence-electron chi connectivity index (χ0n) is 30.4. The predicted octanol–water partition coefficient (Wildman–Crippen LogP) is 14.0. The maximum atomic E-state index is 2.45. The van der Waals surface area contributed by atoms with Crippen molar-refractivity contribution in [2.24, 2.45) is 11.3 Å². The molecule has 5 aromatic rings. The molecule has 0 aromatic heterocycles. The molecule has 5 aliphatic rings. The van der Waals surface area contributed by atoms with Crippen LogP contribution in [-0.4, -0.2) is 0 Å². The Hall–Kier alpha value is -5.98. The van der Waals surface area contributed by atoms with Crippen LogP contribution in [0.5, 0.6) is 0 Å². The van der Waals surface area contributed by atoms with Crippen LogP contribution in [0.25, 0.3) is 55.3 Å². The van der Waals surface area contributed by atoms with Crippen molar-refractivity contribution in [3.8, 4) is 33.4 Å². The molecule has 53 heavy (non-hydrogen) atoms. The Balaban J connectivity index is 1.15. The van der Waals surface area contributed by atoms with Gasteiger partial charge in [0.25, 0.3) is 0 Å². The number of rotatable bonds is 4. The maximum absolute atomic E-state index is 2.45. The molecule has 1 spiro atoms. The molecule has 0 aliphatic heterocycles. The summed E-state index contributed by atoms with van der Waals surface area (Å²) in [6.07, 6.45) is 27.0. The Morgan fingerprint density at radius 3 is 2.11 bits per heavy atom. The Bertz CT molecular complexity index is 2630. The van der Waals surface area contributed by atoms with Gasteiger partial charge in [-0.05, 0) is 108 Å². The van der Waals surface area contributed by atoms with E-state index in [4.69, 9.17) is 0 Å². The van der Waals surface area contributed by atoms with E-state index in [2.05, 4.69) is 202 Å². The fourth-order valence-electron chi connectivity index (χ4n) is 9.39. The van der Waals surface area contributed by atoms with E-state index in [1.54, 1.807) is 0 Å². The van der Waals surface area contributed by atoms with E-state index < -0.39 is 0 Å². The highest BCUT2D eigenvalue weighted by Crippen LogP contribution is 2.64. The molecule has 0 N–H and O–H groups in total. The summed E-state index contributed by atoms with van der Waals surface area (Å²) in [7, 11) is 0. The molecule has 0 amide bonds. The number of fused-ring (bicyclic) bond motifs is 4. The fraction of sp³-hybridized carbons (Fsp3) is 0.132. The zero-order chi connectivity index (χ0) is 35.6. The summed E-state index contributed by atoms with van der Waals surface area (Å²) in [5.41, 5.74) is 17.2. The molecule has 0 radical (unpaired) electrons. The van der Waals surface area contributed by atoms with E-state index >= 15 is 0 Å². The number of hydrogen-bond donors (Lipinski definition) is 0. The van der Waals surface area contributed by atoms with Crippen molar-refractivity contribution in [3.05, 3.63) is 216 Å². The smallest absolute Gasteiger partial charge is 0.0210 e. The highest BCUT2D eigenvalue weighted by atomic mass is 14.6. The van der Waals surface area contributed by atoms with Crippen LogP contribution >= 0.6 is 0 Å². The molecular formula is C53H42. The van der Waals surface area contributed by atoms with E-state index in [1.807, 2.05) is 0 Å². The second kappa shape index (κ2) is 12.3. The van der Waals surface area contributed by atoms with Gasteiger partial charge in [-0.3, -0.25) is 0 Å². The first kappa shape index (κ1) is 31.7. The molecule has 0 heteroatoms. The molecule has 5 aromatic carbocycles. The standard InChI is InChI=1S/C53H42/c1-52(2)49-21-10-9-19-47(49)48-31-28-40(34-51(48)52)42-20-13-16-36(27-30-43(38-14-5-3-4-6-15-38)46-18-8-7-17-45(42)46)37-23-25-39(26-24-37)44-32-29-41-35-53(41)33-12-11-22-50(44)53/h3-14,16-34,41H,15,35H2,1-2H3. The van der Waals surface area contributed by atoms with Crippen LogP contribution in [-0.2, 0) is 5.41 Å². The normalized spacial score (nSPS) is 20.9. The van der Waals surface area contributed by atoms with Crippen LogP contribution in [0, 0.1) is 11.3 Å². The quantitative estimate of drug-likeness (QED) is 0.177. The number of benzene rings is 4. The summed E-state index contributed by atoms with van der Waals surface area (Å²) in [4.78, 5) is 0. The van der Waals surface area contributed by atoms with Gasteiger partial charge >= 0.3 is 0 Å². The lowest BCUT2D eigenvalue weighted by Crippen LogP contribution is -2.14. The molecule has 1 saturated carbocycles. The molecule has 1 fully saturated rings. The SMILES string of the molecule is CC1(C)c2ccccc2-c2ccc(-c3cccc(-c4ccc(C5=C6C=CC=CC67CC7C=C5)cc4)ccc(C4=CC=CC=CC4)c4ccccc34)cc21. The van der Waals surface area contributed by atoms with Gasteiger partial charge in [-0.15, -0.1) is 0 Å². The third-order valence-corrected chi connectivity index (χ3v) is 12.4. The third kappa shape index (κ3) is 5.19. The predicted molar refractivity (Wildman–Crippen MR) is 226 cm³/mol. The lowest BCUT2D eigenvalue weighted by Gasteiger charge is -2.23. The number of allylic oxidation sites excluding steroid dienone is 14. The van der Waals surface area contributed by atoms with E-state index in [-0.39, 0.29) is 10.8 Å². The van der Waals surface area contributed by atoms with Crippen molar-refractivity contribution < 1.29 is 0 Å². The Morgan fingerprint density at radius 2 is 1.23 bits per heavy atom. The summed E-state index contributed by atoms with van der Waals surface area (Å²) < 4.78 is 0. The van der Waals surface area contributed by atoms with Crippen molar-refractivity contribution >= 4 is 21.9 Å². The first-order chi connectivity index (χ1) is 26.0. The van der Waals surface area contributed by atoms with Gasteiger partial charge in [-0.25, -0.2) is 0 Å². The van der Waals surface area contributed by atoms with Gasteiger partial charge in [0.1, 0.15) is 0 Å². The molecule has 0 nitrogen and oxygen atoms in total. The highest BCUT2D eigenvalue weighted by Gasteiger charge is 2.55. The van der Waals surface area contributed by atoms with Crippen LogP contribution in [0.1, 0.15) is 48.9 Å². The van der Waals surface area contributed by atoms with Crippen LogP contribution in [0.4, 0.5) is 0 Å². The van der Waals surface area contributed by atoms with Crippen LogP contribution in [0.2, 0.25) is 0 Å². The lowest BCUT2D eigenvalue weighted by atomic mass is 9.80. The first-order valence-corrected chi connectivity index (χ1v) is 19.1. The zero-order valence-corrected chi connectivity index (χ0v) is 30.4. The Kier molecular flexibility index (Phi) is 7.37. The Labute approximate surface area is 313 Å². The van der Waals surface area contributed by atoms with Crippen LogP contribution < -0.4 is 0 Å². The molecule has 254 valence electrons. The van der Waals surface area contributed by atoms with Crippen LogP contribution in [0.3, 0.4) is 0 Å². The van der Waals surface area contributed by atoms with Crippen LogP contribution in [0.15, 0.2) is 194 Å². The third-order valence-electron chi connectivity index (χ3n) is 12.4. The molecule has 0 heterocycles. The van der Waals surface area contributed by atoms with E-state index in [9.17, 15) is 0 Å². The van der Waals surface area contributed by atoms with Gasteiger partial charge in [0, 0.05) is 10.8 Å². The molecular weight excluding hydrogens is 637 g/mol. The average Bonchev–Trinajstić information content (AvgIpc) is 3.94. The molecule has 2 atom stereocenters. The molecule has 0 bridgehead atoms. The Morgan fingerprint density at radius 1 is 0.528 bits per heavy atom. The second-order valence-corrected chi connectivity index (χ2v) is 15.7. The van der Waals surface area contributed by atoms with Gasteiger partial charge < -0.3 is 0 Å². The minimum atomic E-state index is -0.0695. The van der Waals surface area contributed by atoms with Gasteiger partial charge in [-0.2, -0.15) is 0 Å². The van der Waals surface area contributed by atoms with E-state index in [0.717, 1.165) is 6.42 Å². The molecule has 5 aliphatic carbocycles. The van der Waals surface area contributed by atoms with Crippen molar-refractivity contribution in [2.75, 3.05) is 0 Å². The maximum Gasteiger partial charge on any atom is 0.0210 e. The summed E-state index contributed by atoms with van der Waals surface area (Å²) in [5, 5.41) is 2.49. The van der Waals surface area contributed by atoms with Gasteiger partial charge in [0.05, 0.1) is 0 Å². The van der Waals surface area contributed by atoms with Crippen molar-refractivity contribution in [1.29, 1.82) is 0 Å². The lowest BCUT2D eigenvalue weighted by molar-refractivity contribution is 0.660. The highest BCUT2D eigenvalue weighted by molar-refractivity contribution is 6.02. The van der Waals surface area contributed by atoms with Crippen molar-refractivity contribution in [1.82, 2.24) is 0 Å². The first-order valence-electron chi connectivity index (χ1n) is 19.1. The van der Waals surface area contributed by atoms with Crippen molar-refractivity contribution in [3.63, 3.8) is 0 Å². The van der Waals surface area contributed by atoms with Crippen molar-refractivity contribution in [2.45, 2.75) is 32.1 Å². The van der Waals surface area contributed by atoms with E-state index in [0.29, 0.717) is 5.92 Å². The largest absolute Gasteiger partial charge is 0.0801 e. The van der Waals surface area contributed by atoms with E-state index in [1.165, 1.54) is 89.5 Å². The molecule has 2 unspecified atom stereocenters. The summed E-state index contributed by atoms with van der Waals surface area (Å²) in [6, 6.07) is 45.7.